The third kappa shape index (κ3) is 7.56. The Labute approximate surface area is 92.5 Å². The van der Waals surface area contributed by atoms with Crippen LogP contribution < -0.4 is 5.32 Å². The maximum atomic E-state index is 9.19. The van der Waals surface area contributed by atoms with Crippen LogP contribution >= 0.6 is 24.0 Å². The van der Waals surface area contributed by atoms with Crippen LogP contribution in [0.15, 0.2) is 0 Å². The third-order valence-corrected chi connectivity index (χ3v) is 2.39. The first-order valence-electron chi connectivity index (χ1n) is 4.59. The van der Waals surface area contributed by atoms with Crippen LogP contribution in [0, 0.1) is 5.92 Å². The minimum atomic E-state index is -0.417. The topological polar surface area (TPSA) is 32.3 Å². The Morgan fingerprint density at radius 1 is 1.38 bits per heavy atom. The van der Waals surface area contributed by atoms with Gasteiger partial charge in [-0.1, -0.05) is 20.8 Å². The summed E-state index contributed by atoms with van der Waals surface area (Å²) < 4.78 is 0. The number of aliphatic hydroxyl groups excluding tert-OH is 1. The zero-order valence-electron chi connectivity index (χ0n) is 8.59. The minimum absolute atomic E-state index is 0. The first kappa shape index (κ1) is 15.9. The Kier molecular flexibility index (Phi) is 11.1. The quantitative estimate of drug-likeness (QED) is 0.684. The summed E-state index contributed by atoms with van der Waals surface area (Å²) in [7, 11) is 0. The summed E-state index contributed by atoms with van der Waals surface area (Å²) in [6, 6.07) is 0.489. The lowest BCUT2D eigenvalue weighted by Gasteiger charge is -2.21. The largest absolute Gasteiger partial charge is 0.391 e. The smallest absolute Gasteiger partial charge is 0.0799 e. The van der Waals surface area contributed by atoms with Gasteiger partial charge >= 0.3 is 0 Å². The van der Waals surface area contributed by atoms with Gasteiger partial charge in [-0.05, 0) is 12.3 Å². The van der Waals surface area contributed by atoms with E-state index in [1.165, 1.54) is 0 Å². The van der Waals surface area contributed by atoms with Crippen LogP contribution in [0.2, 0.25) is 0 Å². The number of hydrogen-bond acceptors (Lipinski definition) is 2. The first-order chi connectivity index (χ1) is 5.61. The maximum absolute atomic E-state index is 9.19. The molecule has 13 heavy (non-hydrogen) atoms. The molecule has 0 radical (unpaired) electrons. The molecule has 82 valence electrons. The van der Waals surface area contributed by atoms with E-state index in [0.29, 0.717) is 24.4 Å². The van der Waals surface area contributed by atoms with E-state index in [2.05, 4.69) is 26.1 Å². The minimum Gasteiger partial charge on any atom is -0.391 e. The molecule has 2 N–H and O–H groups in total. The number of alkyl halides is 1. The summed E-state index contributed by atoms with van der Waals surface area (Å²) in [4.78, 5) is 0. The Balaban J connectivity index is 0. The second-order valence-corrected chi connectivity index (χ2v) is 3.78. The van der Waals surface area contributed by atoms with Gasteiger partial charge in [0, 0.05) is 18.5 Å². The predicted molar refractivity (Wildman–Crippen MR) is 60.9 cm³/mol. The number of aliphatic hydroxyl groups is 1. The summed E-state index contributed by atoms with van der Waals surface area (Å²) >= 11 is 5.47. The van der Waals surface area contributed by atoms with E-state index >= 15 is 0 Å². The molecule has 0 saturated carbocycles. The molecule has 0 aromatic rings. The van der Waals surface area contributed by atoms with Gasteiger partial charge in [-0.15, -0.1) is 24.0 Å². The van der Waals surface area contributed by atoms with E-state index in [4.69, 9.17) is 11.6 Å². The van der Waals surface area contributed by atoms with Crippen molar-refractivity contribution < 1.29 is 5.11 Å². The molecule has 0 saturated heterocycles. The zero-order valence-corrected chi connectivity index (χ0v) is 10.2. The highest BCUT2D eigenvalue weighted by molar-refractivity contribution is 6.18. The van der Waals surface area contributed by atoms with Crippen molar-refractivity contribution in [2.75, 3.05) is 12.4 Å². The summed E-state index contributed by atoms with van der Waals surface area (Å²) in [5.41, 5.74) is 0. The third-order valence-electron chi connectivity index (χ3n) is 2.04. The SMILES string of the molecule is CCC(NCC(O)CCl)C(C)C.Cl. The number of nitrogens with one attached hydrogen (secondary N) is 1. The maximum Gasteiger partial charge on any atom is 0.0799 e. The van der Waals surface area contributed by atoms with Gasteiger partial charge in [0.1, 0.15) is 0 Å². The molecular formula is C9H21Cl2NO. The van der Waals surface area contributed by atoms with Gasteiger partial charge in [-0.3, -0.25) is 0 Å². The van der Waals surface area contributed by atoms with Crippen LogP contribution in [0.25, 0.3) is 0 Å². The molecule has 0 heterocycles. The molecule has 0 amide bonds. The van der Waals surface area contributed by atoms with Gasteiger partial charge in [-0.2, -0.15) is 0 Å². The van der Waals surface area contributed by atoms with E-state index in [0.717, 1.165) is 6.42 Å². The Morgan fingerprint density at radius 2 is 1.92 bits per heavy atom. The van der Waals surface area contributed by atoms with E-state index in [9.17, 15) is 5.11 Å². The van der Waals surface area contributed by atoms with E-state index in [1.807, 2.05) is 0 Å². The van der Waals surface area contributed by atoms with Gasteiger partial charge in [0.15, 0.2) is 0 Å². The lowest BCUT2D eigenvalue weighted by Crippen LogP contribution is -2.38. The number of hydrogen-bond donors (Lipinski definition) is 2. The molecule has 0 aromatic heterocycles. The molecule has 2 unspecified atom stereocenters. The van der Waals surface area contributed by atoms with Crippen molar-refractivity contribution in [2.24, 2.45) is 5.92 Å². The molecule has 0 fully saturated rings. The first-order valence-corrected chi connectivity index (χ1v) is 5.12. The molecule has 0 aromatic carbocycles. The Morgan fingerprint density at radius 3 is 2.23 bits per heavy atom. The lowest BCUT2D eigenvalue weighted by atomic mass is 10.0. The monoisotopic (exact) mass is 229 g/mol. The van der Waals surface area contributed by atoms with Crippen LogP contribution in [0.1, 0.15) is 27.2 Å². The van der Waals surface area contributed by atoms with Crippen molar-refractivity contribution >= 4 is 24.0 Å². The molecule has 0 aliphatic carbocycles. The molecule has 0 spiro atoms. The molecule has 0 aliphatic heterocycles. The Hall–Kier alpha value is 0.500. The highest BCUT2D eigenvalue weighted by Gasteiger charge is 2.11. The van der Waals surface area contributed by atoms with Crippen LogP contribution in [-0.4, -0.2) is 29.7 Å². The number of halogens is 2. The van der Waals surface area contributed by atoms with Crippen molar-refractivity contribution in [1.82, 2.24) is 5.32 Å². The predicted octanol–water partition coefficient (Wildman–Crippen LogP) is 2.03. The standard InChI is InChI=1S/C9H20ClNO.ClH/c1-4-9(7(2)3)11-6-8(12)5-10;/h7-9,11-12H,4-6H2,1-3H3;1H. The lowest BCUT2D eigenvalue weighted by molar-refractivity contribution is 0.183. The van der Waals surface area contributed by atoms with Gasteiger partial charge in [0.2, 0.25) is 0 Å². The van der Waals surface area contributed by atoms with Crippen LogP contribution in [-0.2, 0) is 0 Å². The van der Waals surface area contributed by atoms with Gasteiger partial charge < -0.3 is 10.4 Å². The highest BCUT2D eigenvalue weighted by atomic mass is 35.5. The summed E-state index contributed by atoms with van der Waals surface area (Å²) in [6.07, 6.45) is 0.673. The zero-order chi connectivity index (χ0) is 9.56. The normalized spacial score (nSPS) is 15.2. The van der Waals surface area contributed by atoms with Crippen molar-refractivity contribution in [3.63, 3.8) is 0 Å². The van der Waals surface area contributed by atoms with Crippen LogP contribution in [0.4, 0.5) is 0 Å². The Bertz CT molecular complexity index is 112. The van der Waals surface area contributed by atoms with E-state index in [-0.39, 0.29) is 12.4 Å². The fourth-order valence-electron chi connectivity index (χ4n) is 1.19. The average Bonchev–Trinajstić information content (AvgIpc) is 2.04. The fraction of sp³-hybridized carbons (Fsp3) is 1.00. The van der Waals surface area contributed by atoms with Crippen LogP contribution in [0.3, 0.4) is 0 Å². The molecule has 0 bridgehead atoms. The summed E-state index contributed by atoms with van der Waals surface area (Å²) in [6.45, 7) is 7.09. The van der Waals surface area contributed by atoms with Gasteiger partial charge in [-0.25, -0.2) is 0 Å². The van der Waals surface area contributed by atoms with Gasteiger partial charge in [0.05, 0.1) is 6.10 Å². The van der Waals surface area contributed by atoms with Crippen LogP contribution in [0.5, 0.6) is 0 Å². The average molecular weight is 230 g/mol. The fourth-order valence-corrected chi connectivity index (χ4v) is 1.30. The molecule has 4 heteroatoms. The second-order valence-electron chi connectivity index (χ2n) is 3.48. The number of rotatable bonds is 6. The summed E-state index contributed by atoms with van der Waals surface area (Å²) in [5, 5.41) is 12.5. The van der Waals surface area contributed by atoms with Crippen molar-refractivity contribution in [3.8, 4) is 0 Å². The molecular weight excluding hydrogens is 209 g/mol. The molecule has 0 aliphatic rings. The molecule has 2 nitrogen and oxygen atoms in total. The second kappa shape index (κ2) is 9.07. The highest BCUT2D eigenvalue weighted by Crippen LogP contribution is 2.04. The molecule has 0 rings (SSSR count). The van der Waals surface area contributed by atoms with E-state index < -0.39 is 6.10 Å². The van der Waals surface area contributed by atoms with Crippen molar-refractivity contribution in [3.05, 3.63) is 0 Å². The van der Waals surface area contributed by atoms with Crippen molar-refractivity contribution in [1.29, 1.82) is 0 Å². The molecule has 2 atom stereocenters. The van der Waals surface area contributed by atoms with Gasteiger partial charge in [0.25, 0.3) is 0 Å². The van der Waals surface area contributed by atoms with E-state index in [1.54, 1.807) is 0 Å². The summed E-state index contributed by atoms with van der Waals surface area (Å²) in [5.74, 6) is 0.916. The van der Waals surface area contributed by atoms with Crippen molar-refractivity contribution in [2.45, 2.75) is 39.3 Å².